The number of ether oxygens (including phenoxy) is 1. The highest BCUT2D eigenvalue weighted by molar-refractivity contribution is 6.30. The van der Waals surface area contributed by atoms with Gasteiger partial charge >= 0.3 is 0 Å². The maximum absolute atomic E-state index is 6.32. The summed E-state index contributed by atoms with van der Waals surface area (Å²) in [6, 6.07) is 31.9. The van der Waals surface area contributed by atoms with E-state index in [0.29, 0.717) is 0 Å². The van der Waals surface area contributed by atoms with E-state index in [1.165, 1.54) is 59.8 Å². The third-order valence-electron chi connectivity index (χ3n) is 6.68. The van der Waals surface area contributed by atoms with Crippen LogP contribution in [-0.2, 0) is 0 Å². The first kappa shape index (κ1) is 22.0. The lowest BCUT2D eigenvalue weighted by Crippen LogP contribution is -2.33. The van der Waals surface area contributed by atoms with Gasteiger partial charge in [0.25, 0.3) is 0 Å². The second kappa shape index (κ2) is 10.4. The van der Waals surface area contributed by atoms with Crippen LogP contribution in [0.2, 0.25) is 5.02 Å². The van der Waals surface area contributed by atoms with E-state index < -0.39 is 0 Å². The van der Waals surface area contributed by atoms with Gasteiger partial charge in [-0.25, -0.2) is 0 Å². The SMILES string of the molecule is Clc1ccc(C(c2ccccc2)c2ccc(OCCN3CCCCC3)c3ccccc23)cc1. The number of hydrogen-bond donors (Lipinski definition) is 0. The summed E-state index contributed by atoms with van der Waals surface area (Å²) in [5.74, 6) is 1.09. The third-order valence-corrected chi connectivity index (χ3v) is 6.93. The van der Waals surface area contributed by atoms with Crippen LogP contribution in [0.15, 0.2) is 91.0 Å². The fraction of sp³-hybridized carbons (Fsp3) is 0.267. The number of piperidine rings is 1. The average molecular weight is 456 g/mol. The molecule has 4 aromatic rings. The summed E-state index contributed by atoms with van der Waals surface area (Å²) < 4.78 is 6.32. The van der Waals surface area contributed by atoms with Gasteiger partial charge in [0.15, 0.2) is 0 Å². The molecule has 168 valence electrons. The van der Waals surface area contributed by atoms with E-state index >= 15 is 0 Å². The predicted octanol–water partition coefficient (Wildman–Crippen LogP) is 7.54. The van der Waals surface area contributed by atoms with Crippen molar-refractivity contribution < 1.29 is 4.74 Å². The predicted molar refractivity (Wildman–Crippen MR) is 139 cm³/mol. The lowest BCUT2D eigenvalue weighted by atomic mass is 9.83. The molecule has 0 N–H and O–H groups in total. The molecule has 1 fully saturated rings. The first-order valence-corrected chi connectivity index (χ1v) is 12.3. The van der Waals surface area contributed by atoms with Gasteiger partial charge in [-0.05, 0) is 66.2 Å². The van der Waals surface area contributed by atoms with Crippen molar-refractivity contribution in [3.63, 3.8) is 0 Å². The Labute approximate surface area is 201 Å². The number of halogens is 1. The van der Waals surface area contributed by atoms with Crippen LogP contribution in [0.1, 0.15) is 41.9 Å². The zero-order valence-electron chi connectivity index (χ0n) is 18.9. The molecule has 1 aliphatic heterocycles. The topological polar surface area (TPSA) is 12.5 Å². The molecule has 0 aromatic heterocycles. The normalized spacial score (nSPS) is 15.4. The van der Waals surface area contributed by atoms with Crippen LogP contribution in [0.5, 0.6) is 5.75 Å². The van der Waals surface area contributed by atoms with E-state index in [2.05, 4.69) is 83.8 Å². The zero-order chi connectivity index (χ0) is 22.5. The maximum Gasteiger partial charge on any atom is 0.127 e. The molecule has 2 nitrogen and oxygen atoms in total. The minimum Gasteiger partial charge on any atom is -0.492 e. The van der Waals surface area contributed by atoms with Gasteiger partial charge in [0.1, 0.15) is 12.4 Å². The molecule has 0 radical (unpaired) electrons. The van der Waals surface area contributed by atoms with Crippen molar-refractivity contribution in [2.75, 3.05) is 26.2 Å². The quantitative estimate of drug-likeness (QED) is 0.267. The molecule has 33 heavy (non-hydrogen) atoms. The minimum atomic E-state index is 0.121. The van der Waals surface area contributed by atoms with E-state index in [-0.39, 0.29) is 5.92 Å². The van der Waals surface area contributed by atoms with Gasteiger partial charge in [-0.1, -0.05) is 90.8 Å². The van der Waals surface area contributed by atoms with Crippen LogP contribution < -0.4 is 4.74 Å². The van der Waals surface area contributed by atoms with Gasteiger partial charge in [0.05, 0.1) is 0 Å². The number of nitrogens with zero attached hydrogens (tertiary/aromatic N) is 1. The number of fused-ring (bicyclic) bond motifs is 1. The van der Waals surface area contributed by atoms with Crippen molar-refractivity contribution in [2.24, 2.45) is 0 Å². The first-order valence-electron chi connectivity index (χ1n) is 12.0. The summed E-state index contributed by atoms with van der Waals surface area (Å²) in [5.41, 5.74) is 3.78. The Morgan fingerprint density at radius 2 is 1.36 bits per heavy atom. The number of hydrogen-bond acceptors (Lipinski definition) is 2. The third kappa shape index (κ3) is 5.08. The highest BCUT2D eigenvalue weighted by Gasteiger charge is 2.20. The Balaban J connectivity index is 1.50. The molecule has 0 saturated carbocycles. The van der Waals surface area contributed by atoms with Gasteiger partial charge in [0, 0.05) is 22.9 Å². The van der Waals surface area contributed by atoms with Gasteiger partial charge in [-0.3, -0.25) is 4.90 Å². The van der Waals surface area contributed by atoms with Gasteiger partial charge in [-0.2, -0.15) is 0 Å². The molecule has 4 aromatic carbocycles. The Bertz CT molecular complexity index is 1180. The summed E-state index contributed by atoms with van der Waals surface area (Å²) in [6.07, 6.45) is 3.98. The van der Waals surface area contributed by atoms with Crippen LogP contribution in [0.3, 0.4) is 0 Å². The summed E-state index contributed by atoms with van der Waals surface area (Å²) in [5, 5.41) is 3.16. The lowest BCUT2D eigenvalue weighted by molar-refractivity contribution is 0.184. The molecule has 1 saturated heterocycles. The number of benzene rings is 4. The van der Waals surface area contributed by atoms with E-state index in [0.717, 1.165) is 23.9 Å². The van der Waals surface area contributed by atoms with E-state index in [1.807, 2.05) is 12.1 Å². The Morgan fingerprint density at radius 1 is 0.697 bits per heavy atom. The maximum atomic E-state index is 6.32. The van der Waals surface area contributed by atoms with Crippen molar-refractivity contribution in [2.45, 2.75) is 25.2 Å². The van der Waals surface area contributed by atoms with E-state index in [1.54, 1.807) is 0 Å². The number of rotatable bonds is 7. The van der Waals surface area contributed by atoms with Gasteiger partial charge < -0.3 is 4.74 Å². The van der Waals surface area contributed by atoms with Crippen molar-refractivity contribution in [3.8, 4) is 5.75 Å². The molecule has 0 bridgehead atoms. The largest absolute Gasteiger partial charge is 0.492 e. The molecular formula is C30H30ClNO. The molecule has 1 heterocycles. The molecule has 5 rings (SSSR count). The molecule has 3 heteroatoms. The Hall–Kier alpha value is -2.81. The fourth-order valence-electron chi connectivity index (χ4n) is 4.99. The Kier molecular flexibility index (Phi) is 6.95. The molecule has 0 spiro atoms. The second-order valence-corrected chi connectivity index (χ2v) is 9.28. The Morgan fingerprint density at radius 3 is 2.12 bits per heavy atom. The molecule has 0 aliphatic carbocycles. The first-order chi connectivity index (χ1) is 16.3. The molecular weight excluding hydrogens is 426 g/mol. The monoisotopic (exact) mass is 455 g/mol. The second-order valence-electron chi connectivity index (χ2n) is 8.84. The van der Waals surface area contributed by atoms with Gasteiger partial charge in [-0.15, -0.1) is 0 Å². The van der Waals surface area contributed by atoms with Crippen molar-refractivity contribution in [1.82, 2.24) is 4.90 Å². The molecule has 1 atom stereocenters. The summed E-state index contributed by atoms with van der Waals surface area (Å²) >= 11 is 6.21. The standard InChI is InChI=1S/C30H30ClNO/c31-25-15-13-24(14-16-25)30(23-9-3-1-4-10-23)28-17-18-29(27-12-6-5-11-26(27)28)33-22-21-32-19-7-2-8-20-32/h1,3-6,9-18,30H,2,7-8,19-22H2. The van der Waals surface area contributed by atoms with E-state index in [9.17, 15) is 0 Å². The highest BCUT2D eigenvalue weighted by atomic mass is 35.5. The van der Waals surface area contributed by atoms with Crippen LogP contribution >= 0.6 is 11.6 Å². The van der Waals surface area contributed by atoms with Crippen molar-refractivity contribution in [1.29, 1.82) is 0 Å². The van der Waals surface area contributed by atoms with Gasteiger partial charge in [0.2, 0.25) is 0 Å². The van der Waals surface area contributed by atoms with Crippen LogP contribution in [-0.4, -0.2) is 31.1 Å². The van der Waals surface area contributed by atoms with Crippen molar-refractivity contribution >= 4 is 22.4 Å². The number of likely N-dealkylation sites (tertiary alicyclic amines) is 1. The lowest BCUT2D eigenvalue weighted by Gasteiger charge is -2.26. The summed E-state index contributed by atoms with van der Waals surface area (Å²) in [7, 11) is 0. The van der Waals surface area contributed by atoms with Crippen molar-refractivity contribution in [3.05, 3.63) is 113 Å². The highest BCUT2D eigenvalue weighted by Crippen LogP contribution is 2.39. The van der Waals surface area contributed by atoms with Crippen LogP contribution in [0.25, 0.3) is 10.8 Å². The van der Waals surface area contributed by atoms with Crippen LogP contribution in [0.4, 0.5) is 0 Å². The summed E-state index contributed by atoms with van der Waals surface area (Å²) in [4.78, 5) is 2.52. The zero-order valence-corrected chi connectivity index (χ0v) is 19.7. The average Bonchev–Trinajstić information content (AvgIpc) is 2.87. The minimum absolute atomic E-state index is 0.121. The molecule has 1 unspecified atom stereocenters. The molecule has 0 amide bonds. The fourth-order valence-corrected chi connectivity index (χ4v) is 5.12. The molecule has 1 aliphatic rings. The van der Waals surface area contributed by atoms with Crippen LogP contribution in [0, 0.1) is 0 Å². The van der Waals surface area contributed by atoms with E-state index in [4.69, 9.17) is 16.3 Å². The smallest absolute Gasteiger partial charge is 0.127 e. The summed E-state index contributed by atoms with van der Waals surface area (Å²) in [6.45, 7) is 4.11.